The molecule has 2 amide bonds. The minimum absolute atomic E-state index is 0.112. The molecule has 0 aromatic heterocycles. The van der Waals surface area contributed by atoms with Crippen molar-refractivity contribution in [2.75, 3.05) is 6.61 Å². The highest BCUT2D eigenvalue weighted by atomic mass is 16.5. The van der Waals surface area contributed by atoms with Gasteiger partial charge in [0.15, 0.2) is 7.85 Å². The van der Waals surface area contributed by atoms with E-state index in [2.05, 4.69) is 10.6 Å². The molecule has 0 aliphatic rings. The zero-order chi connectivity index (χ0) is 18.2. The van der Waals surface area contributed by atoms with Crippen LogP contribution in [-0.2, 0) is 19.1 Å². The van der Waals surface area contributed by atoms with Crippen molar-refractivity contribution in [3.05, 3.63) is 0 Å². The van der Waals surface area contributed by atoms with Crippen LogP contribution in [0.25, 0.3) is 0 Å². The van der Waals surface area contributed by atoms with Crippen molar-refractivity contribution in [3.63, 3.8) is 0 Å². The molecule has 2 radical (unpaired) electrons. The molecule has 0 heterocycles. The first kappa shape index (κ1) is 21.6. The summed E-state index contributed by atoms with van der Waals surface area (Å²) in [7, 11) is 5.13. The first-order valence-electron chi connectivity index (χ1n) is 8.03. The number of carbonyl (C=O) groups excluding carboxylic acids is 3. The SMILES string of the molecule is [B]C(=O)[C@H](C)NC(=O)C(NC(=O)CCC(C)(C)OCC)C(C)C. The van der Waals surface area contributed by atoms with Crippen molar-refractivity contribution in [2.24, 2.45) is 5.92 Å². The van der Waals surface area contributed by atoms with E-state index < -0.39 is 23.7 Å². The minimum Gasteiger partial charge on any atom is -0.376 e. The fourth-order valence-electron chi connectivity index (χ4n) is 2.03. The van der Waals surface area contributed by atoms with Gasteiger partial charge >= 0.3 is 0 Å². The van der Waals surface area contributed by atoms with E-state index >= 15 is 0 Å². The number of amides is 2. The van der Waals surface area contributed by atoms with Crippen LogP contribution < -0.4 is 10.6 Å². The summed E-state index contributed by atoms with van der Waals surface area (Å²) in [4.78, 5) is 35.3. The summed E-state index contributed by atoms with van der Waals surface area (Å²) in [6.45, 7) is 11.5. The van der Waals surface area contributed by atoms with E-state index in [4.69, 9.17) is 12.6 Å². The van der Waals surface area contributed by atoms with E-state index in [1.807, 2.05) is 34.6 Å². The van der Waals surface area contributed by atoms with Crippen LogP contribution in [0.5, 0.6) is 0 Å². The third-order valence-corrected chi connectivity index (χ3v) is 3.54. The van der Waals surface area contributed by atoms with Gasteiger partial charge in [-0.1, -0.05) is 13.8 Å². The zero-order valence-electron chi connectivity index (χ0n) is 15.1. The monoisotopic (exact) mass is 324 g/mol. The van der Waals surface area contributed by atoms with Crippen LogP contribution >= 0.6 is 0 Å². The predicted octanol–water partition coefficient (Wildman–Crippen LogP) is 0.922. The third-order valence-electron chi connectivity index (χ3n) is 3.54. The molecule has 0 fully saturated rings. The summed E-state index contributed by atoms with van der Waals surface area (Å²) in [5, 5.41) is 5.22. The fraction of sp³-hybridized carbons (Fsp3) is 0.812. The number of hydrogen-bond acceptors (Lipinski definition) is 4. The Hall–Kier alpha value is -1.37. The van der Waals surface area contributed by atoms with Gasteiger partial charge in [-0.05, 0) is 40.0 Å². The summed E-state index contributed by atoms with van der Waals surface area (Å²) >= 11 is 0. The lowest BCUT2D eigenvalue weighted by Gasteiger charge is -2.26. The van der Waals surface area contributed by atoms with E-state index in [-0.39, 0.29) is 23.8 Å². The summed E-state index contributed by atoms with van der Waals surface area (Å²) in [6, 6.07) is -1.49. The quantitative estimate of drug-likeness (QED) is 0.585. The molecule has 0 rings (SSSR count). The molecule has 0 aliphatic heterocycles. The van der Waals surface area contributed by atoms with Gasteiger partial charge in [0.2, 0.25) is 11.8 Å². The van der Waals surface area contributed by atoms with Crippen molar-refractivity contribution in [2.45, 2.75) is 72.1 Å². The van der Waals surface area contributed by atoms with Crippen molar-refractivity contribution < 1.29 is 19.1 Å². The van der Waals surface area contributed by atoms with Crippen LogP contribution in [0.2, 0.25) is 0 Å². The smallest absolute Gasteiger partial charge is 0.243 e. The topological polar surface area (TPSA) is 84.5 Å². The van der Waals surface area contributed by atoms with E-state index in [9.17, 15) is 14.4 Å². The molecule has 2 N–H and O–H groups in total. The van der Waals surface area contributed by atoms with E-state index in [0.29, 0.717) is 13.0 Å². The maximum absolute atomic E-state index is 12.2. The van der Waals surface area contributed by atoms with Crippen LogP contribution in [0, 0.1) is 5.92 Å². The van der Waals surface area contributed by atoms with Gasteiger partial charge in [-0.25, -0.2) is 0 Å². The summed E-state index contributed by atoms with van der Waals surface area (Å²) in [6.07, 6.45) is 0.811. The Labute approximate surface area is 140 Å². The van der Waals surface area contributed by atoms with E-state index in [0.717, 1.165) is 0 Å². The molecule has 0 saturated heterocycles. The van der Waals surface area contributed by atoms with Crippen LogP contribution in [0.4, 0.5) is 0 Å². The maximum Gasteiger partial charge on any atom is 0.243 e. The first-order chi connectivity index (χ1) is 10.5. The van der Waals surface area contributed by atoms with Gasteiger partial charge in [0.25, 0.3) is 0 Å². The average Bonchev–Trinajstić information content (AvgIpc) is 2.41. The van der Waals surface area contributed by atoms with Gasteiger partial charge in [-0.3, -0.25) is 9.59 Å². The van der Waals surface area contributed by atoms with Crippen molar-refractivity contribution in [1.82, 2.24) is 10.6 Å². The third kappa shape index (κ3) is 8.74. The Kier molecular flexibility index (Phi) is 9.13. The number of nitrogens with one attached hydrogen (secondary N) is 2. The summed E-state index contributed by atoms with van der Waals surface area (Å²) in [5.41, 5.74) is -1.01. The summed E-state index contributed by atoms with van der Waals surface area (Å²) in [5.74, 6) is -0.749. The van der Waals surface area contributed by atoms with Crippen LogP contribution in [0.3, 0.4) is 0 Å². The number of hydrogen-bond donors (Lipinski definition) is 2. The molecule has 0 saturated carbocycles. The molecule has 6 nitrogen and oxygen atoms in total. The van der Waals surface area contributed by atoms with Gasteiger partial charge < -0.3 is 20.2 Å². The molecule has 0 aromatic rings. The number of carbonyl (C=O) groups is 3. The Balaban J connectivity index is 4.61. The van der Waals surface area contributed by atoms with Crippen LogP contribution in [-0.4, -0.2) is 49.6 Å². The largest absolute Gasteiger partial charge is 0.376 e. The molecule has 0 bridgehead atoms. The molecule has 1 unspecified atom stereocenters. The average molecular weight is 324 g/mol. The normalized spacial score (nSPS) is 14.2. The van der Waals surface area contributed by atoms with Crippen LogP contribution in [0.15, 0.2) is 0 Å². The number of ether oxygens (including phenoxy) is 1. The van der Waals surface area contributed by atoms with Gasteiger partial charge in [-0.15, -0.1) is 0 Å². The standard InChI is InChI=1S/C16H29BN2O4/c1-7-23-16(5,6)9-8-12(20)19-13(10(2)3)15(22)18-11(4)14(17)21/h10-11,13H,7-9H2,1-6H3,(H,18,22)(H,19,20)/t11-,13?/m0/s1. The first-order valence-corrected chi connectivity index (χ1v) is 8.03. The molecule has 0 aromatic carbocycles. The van der Waals surface area contributed by atoms with E-state index in [1.54, 1.807) is 0 Å². The highest BCUT2D eigenvalue weighted by Crippen LogP contribution is 2.16. The van der Waals surface area contributed by atoms with Crippen molar-refractivity contribution in [3.8, 4) is 0 Å². The second kappa shape index (κ2) is 9.70. The number of rotatable bonds is 10. The molecule has 2 atom stereocenters. The maximum atomic E-state index is 12.2. The lowest BCUT2D eigenvalue weighted by atomic mass is 9.95. The molecule has 130 valence electrons. The lowest BCUT2D eigenvalue weighted by Crippen LogP contribution is -2.53. The Morgan fingerprint density at radius 2 is 1.70 bits per heavy atom. The van der Waals surface area contributed by atoms with Crippen molar-refractivity contribution in [1.29, 1.82) is 0 Å². The molecule has 0 aliphatic carbocycles. The molecule has 23 heavy (non-hydrogen) atoms. The molecule has 7 heteroatoms. The zero-order valence-corrected chi connectivity index (χ0v) is 15.1. The minimum atomic E-state index is -0.780. The van der Waals surface area contributed by atoms with Crippen molar-refractivity contribution >= 4 is 25.3 Å². The Morgan fingerprint density at radius 1 is 1.13 bits per heavy atom. The Bertz CT molecular complexity index is 424. The summed E-state index contributed by atoms with van der Waals surface area (Å²) < 4.78 is 5.55. The van der Waals surface area contributed by atoms with Gasteiger partial charge in [0, 0.05) is 13.0 Å². The predicted molar refractivity (Wildman–Crippen MR) is 90.1 cm³/mol. The van der Waals surface area contributed by atoms with E-state index in [1.165, 1.54) is 6.92 Å². The fourth-order valence-corrected chi connectivity index (χ4v) is 2.03. The van der Waals surface area contributed by atoms with Gasteiger partial charge in [0.1, 0.15) is 6.04 Å². The highest BCUT2D eigenvalue weighted by Gasteiger charge is 2.27. The second-order valence-electron chi connectivity index (χ2n) is 6.61. The Morgan fingerprint density at radius 3 is 2.13 bits per heavy atom. The van der Waals surface area contributed by atoms with Gasteiger partial charge in [-0.2, -0.15) is 0 Å². The molecular formula is C16H29BN2O4. The second-order valence-corrected chi connectivity index (χ2v) is 6.61. The van der Waals surface area contributed by atoms with Crippen LogP contribution in [0.1, 0.15) is 54.4 Å². The van der Waals surface area contributed by atoms with Gasteiger partial charge in [0.05, 0.1) is 17.3 Å². The molecule has 0 spiro atoms. The lowest BCUT2D eigenvalue weighted by molar-refractivity contribution is -0.131. The molecular weight excluding hydrogens is 295 g/mol. The highest BCUT2D eigenvalue weighted by molar-refractivity contribution is 6.59.